The standard InChI is InChI=1S/C5H9Cl2NO/c1-2-3-8(7)5(9)4-6/h2-4H2,1H3. The monoisotopic (exact) mass is 169 g/mol. The van der Waals surface area contributed by atoms with E-state index in [-0.39, 0.29) is 11.8 Å². The van der Waals surface area contributed by atoms with Crippen molar-refractivity contribution in [2.45, 2.75) is 13.3 Å². The number of amides is 1. The second-order valence-corrected chi connectivity index (χ2v) is 2.29. The summed E-state index contributed by atoms with van der Waals surface area (Å²) in [6.07, 6.45) is 0.853. The molecule has 0 spiro atoms. The number of halogens is 2. The van der Waals surface area contributed by atoms with Crippen LogP contribution in [0.3, 0.4) is 0 Å². The molecule has 0 rings (SSSR count). The molecular weight excluding hydrogens is 161 g/mol. The molecule has 0 N–H and O–H groups in total. The quantitative estimate of drug-likeness (QED) is 0.465. The molecule has 0 aromatic heterocycles. The van der Waals surface area contributed by atoms with Crippen LogP contribution in [-0.2, 0) is 4.79 Å². The molecule has 0 unspecified atom stereocenters. The summed E-state index contributed by atoms with van der Waals surface area (Å²) in [6, 6.07) is 0. The first-order chi connectivity index (χ1) is 4.22. The Morgan fingerprint density at radius 2 is 2.22 bits per heavy atom. The van der Waals surface area contributed by atoms with Crippen LogP contribution in [0.25, 0.3) is 0 Å². The zero-order chi connectivity index (χ0) is 7.28. The maximum Gasteiger partial charge on any atom is 0.251 e. The van der Waals surface area contributed by atoms with Gasteiger partial charge >= 0.3 is 0 Å². The van der Waals surface area contributed by atoms with Crippen LogP contribution in [0.5, 0.6) is 0 Å². The minimum Gasteiger partial charge on any atom is -0.272 e. The molecule has 0 heterocycles. The fraction of sp³-hybridized carbons (Fsp3) is 0.800. The molecule has 0 aromatic carbocycles. The Hall–Kier alpha value is 0.0500. The van der Waals surface area contributed by atoms with E-state index in [9.17, 15) is 4.79 Å². The Morgan fingerprint density at radius 1 is 1.67 bits per heavy atom. The smallest absolute Gasteiger partial charge is 0.251 e. The van der Waals surface area contributed by atoms with Gasteiger partial charge in [-0.1, -0.05) is 6.92 Å². The lowest BCUT2D eigenvalue weighted by Crippen LogP contribution is -2.22. The lowest BCUT2D eigenvalue weighted by molar-refractivity contribution is -0.124. The highest BCUT2D eigenvalue weighted by Crippen LogP contribution is 1.97. The predicted octanol–water partition coefficient (Wildman–Crippen LogP) is 1.62. The van der Waals surface area contributed by atoms with Gasteiger partial charge in [-0.05, 0) is 6.42 Å². The highest BCUT2D eigenvalue weighted by Gasteiger charge is 2.06. The zero-order valence-electron chi connectivity index (χ0n) is 5.23. The molecule has 2 nitrogen and oxygen atoms in total. The van der Waals surface area contributed by atoms with Crippen molar-refractivity contribution >= 4 is 29.3 Å². The van der Waals surface area contributed by atoms with Crippen molar-refractivity contribution < 1.29 is 4.79 Å². The summed E-state index contributed by atoms with van der Waals surface area (Å²) >= 11 is 10.6. The summed E-state index contributed by atoms with van der Waals surface area (Å²) in [4.78, 5) is 10.6. The van der Waals surface area contributed by atoms with E-state index in [0.717, 1.165) is 10.8 Å². The molecule has 0 fully saturated rings. The van der Waals surface area contributed by atoms with Gasteiger partial charge in [-0.15, -0.1) is 11.6 Å². The SMILES string of the molecule is CCCN(Cl)C(=O)CCl. The molecule has 4 heteroatoms. The maximum atomic E-state index is 10.6. The topological polar surface area (TPSA) is 20.3 Å². The first-order valence-electron chi connectivity index (χ1n) is 2.74. The minimum atomic E-state index is -0.236. The van der Waals surface area contributed by atoms with E-state index in [1.165, 1.54) is 0 Å². The molecule has 0 saturated heterocycles. The van der Waals surface area contributed by atoms with Crippen LogP contribution in [0.15, 0.2) is 0 Å². The fourth-order valence-corrected chi connectivity index (χ4v) is 0.820. The molecule has 0 aliphatic carbocycles. The molecule has 0 saturated carbocycles. The second kappa shape index (κ2) is 4.89. The molecule has 0 atom stereocenters. The molecular formula is C5H9Cl2NO. The number of carbonyl (C=O) groups is 1. The third-order valence-corrected chi connectivity index (χ3v) is 1.39. The summed E-state index contributed by atoms with van der Waals surface area (Å²) < 4.78 is 1.10. The number of rotatable bonds is 3. The maximum absolute atomic E-state index is 10.6. The molecule has 0 bridgehead atoms. The number of hydrogen-bond donors (Lipinski definition) is 0. The second-order valence-electron chi connectivity index (χ2n) is 1.61. The Bertz CT molecular complexity index is 97.0. The summed E-state index contributed by atoms with van der Waals surface area (Å²) in [5.41, 5.74) is 0. The number of alkyl halides is 1. The van der Waals surface area contributed by atoms with Crippen LogP contribution < -0.4 is 0 Å². The van der Waals surface area contributed by atoms with Gasteiger partial charge in [0, 0.05) is 18.3 Å². The van der Waals surface area contributed by atoms with E-state index >= 15 is 0 Å². The van der Waals surface area contributed by atoms with Gasteiger partial charge in [0.2, 0.25) is 0 Å². The van der Waals surface area contributed by atoms with Crippen molar-refractivity contribution in [3.63, 3.8) is 0 Å². The van der Waals surface area contributed by atoms with Gasteiger partial charge in [-0.3, -0.25) is 9.21 Å². The highest BCUT2D eigenvalue weighted by atomic mass is 35.5. The van der Waals surface area contributed by atoms with Crippen LogP contribution in [0.4, 0.5) is 0 Å². The van der Waals surface area contributed by atoms with Crippen molar-refractivity contribution in [1.82, 2.24) is 4.42 Å². The zero-order valence-corrected chi connectivity index (χ0v) is 6.74. The fourth-order valence-electron chi connectivity index (χ4n) is 0.386. The van der Waals surface area contributed by atoms with E-state index in [0.29, 0.717) is 6.54 Å². The number of nitrogens with zero attached hydrogens (tertiary/aromatic N) is 1. The van der Waals surface area contributed by atoms with E-state index in [1.807, 2.05) is 6.92 Å². The Balaban J connectivity index is 3.45. The molecule has 0 aliphatic heterocycles. The third kappa shape index (κ3) is 3.60. The van der Waals surface area contributed by atoms with Crippen molar-refractivity contribution in [1.29, 1.82) is 0 Å². The lowest BCUT2D eigenvalue weighted by Gasteiger charge is -2.09. The van der Waals surface area contributed by atoms with Gasteiger partial charge < -0.3 is 0 Å². The van der Waals surface area contributed by atoms with Gasteiger partial charge in [-0.25, -0.2) is 0 Å². The first kappa shape index (κ1) is 9.05. The Kier molecular flexibility index (Phi) is 4.91. The van der Waals surface area contributed by atoms with Crippen molar-refractivity contribution in [3.8, 4) is 0 Å². The van der Waals surface area contributed by atoms with E-state index in [2.05, 4.69) is 0 Å². The normalized spacial score (nSPS) is 9.22. The van der Waals surface area contributed by atoms with Crippen molar-refractivity contribution in [3.05, 3.63) is 0 Å². The van der Waals surface area contributed by atoms with Crippen LogP contribution in [0, 0.1) is 0 Å². The van der Waals surface area contributed by atoms with Gasteiger partial charge in [0.1, 0.15) is 5.88 Å². The van der Waals surface area contributed by atoms with E-state index in [1.54, 1.807) is 0 Å². The Morgan fingerprint density at radius 3 is 2.56 bits per heavy atom. The predicted molar refractivity (Wildman–Crippen MR) is 38.6 cm³/mol. The number of carbonyl (C=O) groups excluding carboxylic acids is 1. The van der Waals surface area contributed by atoms with E-state index < -0.39 is 0 Å². The molecule has 0 radical (unpaired) electrons. The molecule has 0 aliphatic rings. The number of hydrogen-bond acceptors (Lipinski definition) is 1. The molecule has 9 heavy (non-hydrogen) atoms. The molecule has 1 amide bonds. The van der Waals surface area contributed by atoms with E-state index in [4.69, 9.17) is 23.4 Å². The molecule has 0 aromatic rings. The van der Waals surface area contributed by atoms with Crippen LogP contribution in [-0.4, -0.2) is 22.8 Å². The summed E-state index contributed by atoms with van der Waals surface area (Å²) in [5.74, 6) is -0.274. The third-order valence-electron chi connectivity index (χ3n) is 0.805. The van der Waals surface area contributed by atoms with Crippen molar-refractivity contribution in [2.75, 3.05) is 12.4 Å². The highest BCUT2D eigenvalue weighted by molar-refractivity contribution is 6.32. The van der Waals surface area contributed by atoms with Gasteiger partial charge in [0.15, 0.2) is 0 Å². The van der Waals surface area contributed by atoms with Crippen LogP contribution in [0.2, 0.25) is 0 Å². The van der Waals surface area contributed by atoms with Gasteiger partial charge in [-0.2, -0.15) is 0 Å². The summed E-state index contributed by atoms with van der Waals surface area (Å²) in [7, 11) is 0. The summed E-state index contributed by atoms with van der Waals surface area (Å²) in [6.45, 7) is 2.50. The minimum absolute atomic E-state index is 0.0382. The van der Waals surface area contributed by atoms with Crippen LogP contribution >= 0.6 is 23.4 Å². The average Bonchev–Trinajstić information content (AvgIpc) is 1.87. The first-order valence-corrected chi connectivity index (χ1v) is 3.61. The van der Waals surface area contributed by atoms with Crippen molar-refractivity contribution in [2.24, 2.45) is 0 Å². The Labute approximate surface area is 64.8 Å². The summed E-state index contributed by atoms with van der Waals surface area (Å²) in [5, 5.41) is 0. The molecule has 54 valence electrons. The van der Waals surface area contributed by atoms with Crippen LogP contribution in [0.1, 0.15) is 13.3 Å². The van der Waals surface area contributed by atoms with Gasteiger partial charge in [0.05, 0.1) is 0 Å². The lowest BCUT2D eigenvalue weighted by atomic mass is 10.5. The average molecular weight is 170 g/mol. The largest absolute Gasteiger partial charge is 0.272 e. The van der Waals surface area contributed by atoms with Gasteiger partial charge in [0.25, 0.3) is 5.91 Å².